The van der Waals surface area contributed by atoms with Crippen molar-refractivity contribution in [3.63, 3.8) is 0 Å². The zero-order valence-corrected chi connectivity index (χ0v) is 33.7. The van der Waals surface area contributed by atoms with Gasteiger partial charge in [-0.1, -0.05) is 207 Å². The number of carbonyl (C=O) groups excluding carboxylic acids is 3. The molecule has 0 heterocycles. The maximum atomic E-state index is 12.6. The summed E-state index contributed by atoms with van der Waals surface area (Å²) in [5.74, 6) is -0.861. The molecule has 0 unspecified atom stereocenters. The van der Waals surface area contributed by atoms with Gasteiger partial charge in [0.05, 0.1) is 0 Å². The van der Waals surface area contributed by atoms with Crippen molar-refractivity contribution in [2.24, 2.45) is 0 Å². The van der Waals surface area contributed by atoms with Gasteiger partial charge in [0, 0.05) is 19.3 Å². The van der Waals surface area contributed by atoms with Gasteiger partial charge in [0.25, 0.3) is 0 Å². The first-order valence-corrected chi connectivity index (χ1v) is 22.0. The van der Waals surface area contributed by atoms with Crippen LogP contribution in [0.15, 0.2) is 0 Å². The highest BCUT2D eigenvalue weighted by atomic mass is 16.6. The molecule has 6 heteroatoms. The van der Waals surface area contributed by atoms with E-state index in [2.05, 4.69) is 20.8 Å². The van der Waals surface area contributed by atoms with Gasteiger partial charge in [-0.3, -0.25) is 14.4 Å². The van der Waals surface area contributed by atoms with Crippen molar-refractivity contribution in [3.8, 4) is 0 Å². The normalized spacial score (nSPS) is 11.8. The molecule has 6 nitrogen and oxygen atoms in total. The maximum Gasteiger partial charge on any atom is 0.306 e. The number of esters is 3. The summed E-state index contributed by atoms with van der Waals surface area (Å²) in [7, 11) is 0. The summed E-state index contributed by atoms with van der Waals surface area (Å²) in [5, 5.41) is 0. The molecule has 0 aliphatic rings. The Labute approximate surface area is 310 Å². The Morgan fingerprint density at radius 2 is 0.540 bits per heavy atom. The molecule has 0 aromatic heterocycles. The Balaban J connectivity index is 4.23. The number of hydrogen-bond donors (Lipinski definition) is 0. The molecule has 50 heavy (non-hydrogen) atoms. The predicted octanol–water partition coefficient (Wildman–Crippen LogP) is 13.7. The van der Waals surface area contributed by atoms with Gasteiger partial charge < -0.3 is 14.2 Å². The fraction of sp³-hybridized carbons (Fsp3) is 0.932. The van der Waals surface area contributed by atoms with Crippen LogP contribution in [0.2, 0.25) is 0 Å². The fourth-order valence-corrected chi connectivity index (χ4v) is 6.50. The van der Waals surface area contributed by atoms with E-state index in [1.807, 2.05) is 0 Å². The van der Waals surface area contributed by atoms with Crippen LogP contribution >= 0.6 is 0 Å². The number of carbonyl (C=O) groups is 3. The first-order valence-electron chi connectivity index (χ1n) is 22.0. The zero-order valence-electron chi connectivity index (χ0n) is 33.7. The predicted molar refractivity (Wildman–Crippen MR) is 210 cm³/mol. The highest BCUT2D eigenvalue weighted by Gasteiger charge is 2.19. The third-order valence-electron chi connectivity index (χ3n) is 9.86. The van der Waals surface area contributed by atoms with Crippen LogP contribution < -0.4 is 0 Å². The van der Waals surface area contributed by atoms with E-state index in [0.717, 1.165) is 57.8 Å². The van der Waals surface area contributed by atoms with Gasteiger partial charge in [-0.2, -0.15) is 0 Å². The van der Waals surface area contributed by atoms with Crippen LogP contribution in [0.4, 0.5) is 0 Å². The molecule has 296 valence electrons. The second-order valence-corrected chi connectivity index (χ2v) is 15.0. The van der Waals surface area contributed by atoms with Crippen LogP contribution in [0.1, 0.15) is 245 Å². The highest BCUT2D eigenvalue weighted by molar-refractivity contribution is 5.71. The Kier molecular flexibility index (Phi) is 38.9. The van der Waals surface area contributed by atoms with Crippen LogP contribution in [0.25, 0.3) is 0 Å². The second kappa shape index (κ2) is 40.2. The molecule has 0 aromatic carbocycles. The summed E-state index contributed by atoms with van der Waals surface area (Å²) in [6.45, 7) is 6.60. The van der Waals surface area contributed by atoms with E-state index in [4.69, 9.17) is 14.2 Å². The summed E-state index contributed by atoms with van der Waals surface area (Å²) in [6.07, 6.45) is 39.5. The molecule has 0 aliphatic carbocycles. The van der Waals surface area contributed by atoms with Crippen molar-refractivity contribution in [2.75, 3.05) is 13.2 Å². The van der Waals surface area contributed by atoms with Gasteiger partial charge in [-0.05, 0) is 19.3 Å². The van der Waals surface area contributed by atoms with Crippen LogP contribution in [-0.2, 0) is 28.6 Å². The lowest BCUT2D eigenvalue weighted by Crippen LogP contribution is -2.30. The van der Waals surface area contributed by atoms with Crippen LogP contribution in [0.3, 0.4) is 0 Å². The van der Waals surface area contributed by atoms with Crippen LogP contribution in [-0.4, -0.2) is 37.2 Å². The van der Waals surface area contributed by atoms with Crippen molar-refractivity contribution in [1.82, 2.24) is 0 Å². The van der Waals surface area contributed by atoms with E-state index in [0.29, 0.717) is 19.3 Å². The summed E-state index contributed by atoms with van der Waals surface area (Å²) >= 11 is 0. The van der Waals surface area contributed by atoms with Gasteiger partial charge >= 0.3 is 17.9 Å². The molecular weight excluding hydrogens is 624 g/mol. The minimum Gasteiger partial charge on any atom is -0.462 e. The minimum atomic E-state index is -0.756. The highest BCUT2D eigenvalue weighted by Crippen LogP contribution is 2.15. The summed E-state index contributed by atoms with van der Waals surface area (Å²) < 4.78 is 16.6. The third-order valence-corrected chi connectivity index (χ3v) is 9.86. The monoisotopic (exact) mass is 709 g/mol. The van der Waals surface area contributed by atoms with E-state index >= 15 is 0 Å². The SMILES string of the molecule is CCCCCCCCCCCCCCCCC(=O)OC[C@H](COC(=O)CCCCCCCCCCCCC)OC(=O)CCCCCCCCC. The van der Waals surface area contributed by atoms with Crippen molar-refractivity contribution in [3.05, 3.63) is 0 Å². The molecule has 0 radical (unpaired) electrons. The smallest absolute Gasteiger partial charge is 0.306 e. The lowest BCUT2D eigenvalue weighted by molar-refractivity contribution is -0.167. The Morgan fingerprint density at radius 1 is 0.320 bits per heavy atom. The van der Waals surface area contributed by atoms with Gasteiger partial charge in [0.1, 0.15) is 13.2 Å². The topological polar surface area (TPSA) is 78.9 Å². The molecule has 0 saturated heterocycles. The van der Waals surface area contributed by atoms with E-state index in [9.17, 15) is 14.4 Å². The number of ether oxygens (including phenoxy) is 3. The van der Waals surface area contributed by atoms with Crippen LogP contribution in [0.5, 0.6) is 0 Å². The third kappa shape index (κ3) is 37.7. The first kappa shape index (κ1) is 48.4. The first-order chi connectivity index (χ1) is 24.5. The van der Waals surface area contributed by atoms with Crippen molar-refractivity contribution >= 4 is 17.9 Å². The van der Waals surface area contributed by atoms with Gasteiger partial charge in [0.2, 0.25) is 0 Å². The van der Waals surface area contributed by atoms with Crippen molar-refractivity contribution < 1.29 is 28.6 Å². The van der Waals surface area contributed by atoms with E-state index in [1.165, 1.54) is 148 Å². The molecule has 1 atom stereocenters. The van der Waals surface area contributed by atoms with Crippen LogP contribution in [0, 0.1) is 0 Å². The van der Waals surface area contributed by atoms with E-state index < -0.39 is 6.10 Å². The second-order valence-electron chi connectivity index (χ2n) is 15.0. The quantitative estimate of drug-likeness (QED) is 0.0358. The Morgan fingerprint density at radius 3 is 0.800 bits per heavy atom. The molecule has 0 spiro atoms. The molecule has 0 rings (SSSR count). The van der Waals surface area contributed by atoms with Crippen molar-refractivity contribution in [2.45, 2.75) is 252 Å². The zero-order chi connectivity index (χ0) is 36.6. The molecule has 0 saturated carbocycles. The lowest BCUT2D eigenvalue weighted by atomic mass is 10.0. The summed E-state index contributed by atoms with van der Waals surface area (Å²) in [4.78, 5) is 37.5. The average Bonchev–Trinajstić information content (AvgIpc) is 3.11. The molecule has 0 fully saturated rings. The average molecular weight is 709 g/mol. The molecular formula is C44H84O6. The molecule has 0 aromatic rings. The maximum absolute atomic E-state index is 12.6. The summed E-state index contributed by atoms with van der Waals surface area (Å²) in [6, 6.07) is 0. The molecule has 0 aliphatic heterocycles. The van der Waals surface area contributed by atoms with Crippen molar-refractivity contribution in [1.29, 1.82) is 0 Å². The van der Waals surface area contributed by atoms with E-state index in [1.54, 1.807) is 0 Å². The molecule has 0 N–H and O–H groups in total. The summed E-state index contributed by atoms with van der Waals surface area (Å²) in [5.41, 5.74) is 0. The number of rotatable bonds is 40. The lowest BCUT2D eigenvalue weighted by Gasteiger charge is -2.18. The number of hydrogen-bond acceptors (Lipinski definition) is 6. The fourth-order valence-electron chi connectivity index (χ4n) is 6.50. The minimum absolute atomic E-state index is 0.0636. The Hall–Kier alpha value is -1.59. The standard InChI is InChI=1S/C44H84O6/c1-4-7-10-13-16-18-20-21-22-24-26-29-31-34-37-43(46)49-40-41(50-44(47)38-35-32-27-15-12-9-6-3)39-48-42(45)36-33-30-28-25-23-19-17-14-11-8-5-2/h41H,4-40H2,1-3H3/t41-/m0/s1. The Bertz CT molecular complexity index is 738. The van der Waals surface area contributed by atoms with Gasteiger partial charge in [0.15, 0.2) is 6.10 Å². The largest absolute Gasteiger partial charge is 0.462 e. The molecule has 0 bridgehead atoms. The van der Waals surface area contributed by atoms with Gasteiger partial charge in [-0.25, -0.2) is 0 Å². The van der Waals surface area contributed by atoms with Gasteiger partial charge in [-0.15, -0.1) is 0 Å². The molecule has 0 amide bonds. The van der Waals surface area contributed by atoms with E-state index in [-0.39, 0.29) is 31.1 Å². The number of unbranched alkanes of at least 4 members (excludes halogenated alkanes) is 29.